The van der Waals surface area contributed by atoms with Crippen molar-refractivity contribution in [3.8, 4) is 0 Å². The van der Waals surface area contributed by atoms with Gasteiger partial charge in [-0.25, -0.2) is 0 Å². The number of hydrogen-bond donors (Lipinski definition) is 0. The Morgan fingerprint density at radius 3 is 2.00 bits per heavy atom. The fourth-order valence-electron chi connectivity index (χ4n) is 0.532. The monoisotopic (exact) mass is 186 g/mol. The maximum atomic E-state index is 10.0. The molecule has 0 atom stereocenters. The molecule has 0 unspecified atom stereocenters. The summed E-state index contributed by atoms with van der Waals surface area (Å²) in [7, 11) is 0. The minimum Gasteiger partial charge on any atom is -0.298 e. The van der Waals surface area contributed by atoms with Crippen molar-refractivity contribution in [2.75, 3.05) is 0 Å². The van der Waals surface area contributed by atoms with Gasteiger partial charge >= 0.3 is 0 Å². The number of halogens is 1. The molecule has 0 bridgehead atoms. The second-order valence-electron chi connectivity index (χ2n) is 1.53. The Morgan fingerprint density at radius 1 is 1.11 bits per heavy atom. The molecule has 0 radical (unpaired) electrons. The summed E-state index contributed by atoms with van der Waals surface area (Å²) in [6.45, 7) is 0. The maximum Gasteiger partial charge on any atom is 0.150 e. The molecule has 0 heterocycles. The van der Waals surface area contributed by atoms with E-state index >= 15 is 0 Å². The van der Waals surface area contributed by atoms with Crippen LogP contribution in [0.3, 0.4) is 0 Å². The van der Waals surface area contributed by atoms with E-state index in [1.807, 2.05) is 18.2 Å². The molecule has 0 aliphatic carbocycles. The molecule has 0 saturated heterocycles. The first-order valence-corrected chi connectivity index (χ1v) is 2.44. The standard InChI is InChI=1S/C7H6O.BrH/c8-6-7-4-2-1-3-5-7;/h1-6H;1H. The van der Waals surface area contributed by atoms with E-state index in [0.29, 0.717) is 0 Å². The average molecular weight is 187 g/mol. The third-order valence-corrected chi connectivity index (χ3v) is 0.936. The van der Waals surface area contributed by atoms with Crippen molar-refractivity contribution >= 4 is 23.3 Å². The molecule has 0 aliphatic heterocycles. The fraction of sp³-hybridized carbons (Fsp3) is 0. The minimum atomic E-state index is 0. The zero-order valence-corrected chi connectivity index (χ0v) is 6.49. The summed E-state index contributed by atoms with van der Waals surface area (Å²) in [5.41, 5.74) is 0.729. The first kappa shape index (κ1) is 8.37. The minimum absolute atomic E-state index is 0. The van der Waals surface area contributed by atoms with Crippen molar-refractivity contribution in [3.05, 3.63) is 35.9 Å². The average Bonchev–Trinajstić information content (AvgIpc) is 1.90. The van der Waals surface area contributed by atoms with Gasteiger partial charge in [0.25, 0.3) is 0 Å². The van der Waals surface area contributed by atoms with Crippen LogP contribution in [0.15, 0.2) is 30.3 Å². The number of aldehydes is 1. The van der Waals surface area contributed by atoms with Crippen molar-refractivity contribution in [1.29, 1.82) is 0 Å². The Kier molecular flexibility index (Phi) is 3.97. The molecule has 1 nitrogen and oxygen atoms in total. The van der Waals surface area contributed by atoms with Crippen molar-refractivity contribution in [2.24, 2.45) is 0 Å². The summed E-state index contributed by atoms with van der Waals surface area (Å²) in [5, 5.41) is 0. The van der Waals surface area contributed by atoms with Gasteiger partial charge in [0, 0.05) is 5.56 Å². The van der Waals surface area contributed by atoms with Gasteiger partial charge in [0.15, 0.2) is 0 Å². The molecule has 1 rings (SSSR count). The van der Waals surface area contributed by atoms with Crippen LogP contribution < -0.4 is 0 Å². The van der Waals surface area contributed by atoms with E-state index in [9.17, 15) is 4.79 Å². The summed E-state index contributed by atoms with van der Waals surface area (Å²) >= 11 is 0. The van der Waals surface area contributed by atoms with Crippen LogP contribution in [0.1, 0.15) is 10.4 Å². The lowest BCUT2D eigenvalue weighted by Crippen LogP contribution is -1.73. The topological polar surface area (TPSA) is 17.1 Å². The Bertz CT molecular complexity index is 172. The summed E-state index contributed by atoms with van der Waals surface area (Å²) < 4.78 is 0. The van der Waals surface area contributed by atoms with Gasteiger partial charge in [-0.3, -0.25) is 4.79 Å². The van der Waals surface area contributed by atoms with Crippen LogP contribution in [-0.4, -0.2) is 6.29 Å². The molecule has 0 saturated carbocycles. The van der Waals surface area contributed by atoms with Crippen LogP contribution in [-0.2, 0) is 0 Å². The van der Waals surface area contributed by atoms with Crippen LogP contribution >= 0.6 is 17.0 Å². The van der Waals surface area contributed by atoms with Crippen LogP contribution in [0.5, 0.6) is 0 Å². The van der Waals surface area contributed by atoms with Crippen molar-refractivity contribution in [2.45, 2.75) is 0 Å². The van der Waals surface area contributed by atoms with Crippen LogP contribution in [0.25, 0.3) is 0 Å². The third-order valence-electron chi connectivity index (χ3n) is 0.936. The molecule has 1 aromatic carbocycles. The molecule has 0 spiro atoms. The lowest BCUT2D eigenvalue weighted by Gasteiger charge is -1.81. The normalized spacial score (nSPS) is 7.56. The highest BCUT2D eigenvalue weighted by atomic mass is 79.9. The second kappa shape index (κ2) is 4.27. The molecule has 48 valence electrons. The van der Waals surface area contributed by atoms with Crippen molar-refractivity contribution < 1.29 is 4.79 Å². The van der Waals surface area contributed by atoms with E-state index in [2.05, 4.69) is 0 Å². The van der Waals surface area contributed by atoms with Gasteiger partial charge in [0.05, 0.1) is 0 Å². The Morgan fingerprint density at radius 2 is 1.67 bits per heavy atom. The summed E-state index contributed by atoms with van der Waals surface area (Å²) in [5.74, 6) is 0. The zero-order chi connectivity index (χ0) is 5.82. The largest absolute Gasteiger partial charge is 0.298 e. The predicted molar refractivity (Wildman–Crippen MR) is 42.2 cm³/mol. The highest BCUT2D eigenvalue weighted by Crippen LogP contribution is 1.91. The number of rotatable bonds is 1. The predicted octanol–water partition coefficient (Wildman–Crippen LogP) is 2.08. The van der Waals surface area contributed by atoms with E-state index in [-0.39, 0.29) is 17.0 Å². The molecule has 0 N–H and O–H groups in total. The molecule has 0 fully saturated rings. The lowest BCUT2D eigenvalue weighted by atomic mass is 10.2. The van der Waals surface area contributed by atoms with Gasteiger partial charge in [0.1, 0.15) is 6.29 Å². The Labute approximate surface area is 64.5 Å². The lowest BCUT2D eigenvalue weighted by molar-refractivity contribution is 0.112. The van der Waals surface area contributed by atoms with E-state index in [0.717, 1.165) is 11.8 Å². The Hall–Kier alpha value is -0.630. The SMILES string of the molecule is Br.O=Cc1ccccc1. The van der Waals surface area contributed by atoms with Crippen LogP contribution in [0, 0.1) is 0 Å². The van der Waals surface area contributed by atoms with Gasteiger partial charge in [-0.15, -0.1) is 17.0 Å². The first-order chi connectivity index (χ1) is 3.93. The molecule has 1 aromatic rings. The molecule has 0 amide bonds. The molecule has 0 aliphatic rings. The third kappa shape index (κ3) is 2.42. The van der Waals surface area contributed by atoms with Gasteiger partial charge < -0.3 is 0 Å². The molecule has 0 aromatic heterocycles. The van der Waals surface area contributed by atoms with Gasteiger partial charge in [0.2, 0.25) is 0 Å². The number of carbonyl (C=O) groups is 1. The van der Waals surface area contributed by atoms with E-state index < -0.39 is 0 Å². The van der Waals surface area contributed by atoms with E-state index in [1.54, 1.807) is 12.1 Å². The number of hydrogen-bond acceptors (Lipinski definition) is 1. The van der Waals surface area contributed by atoms with E-state index in [4.69, 9.17) is 0 Å². The number of carbonyl (C=O) groups excluding carboxylic acids is 1. The number of benzene rings is 1. The van der Waals surface area contributed by atoms with Gasteiger partial charge in [-0.05, 0) is 0 Å². The fourth-order valence-corrected chi connectivity index (χ4v) is 0.532. The quantitative estimate of drug-likeness (QED) is 0.615. The van der Waals surface area contributed by atoms with Crippen LogP contribution in [0.4, 0.5) is 0 Å². The van der Waals surface area contributed by atoms with Crippen molar-refractivity contribution in [1.82, 2.24) is 0 Å². The second-order valence-corrected chi connectivity index (χ2v) is 1.53. The summed E-state index contributed by atoms with van der Waals surface area (Å²) in [4.78, 5) is 10.0. The molecular formula is C7H7BrO. The molecular weight excluding hydrogens is 180 g/mol. The highest BCUT2D eigenvalue weighted by molar-refractivity contribution is 8.93. The van der Waals surface area contributed by atoms with Gasteiger partial charge in [-0.2, -0.15) is 0 Å². The maximum absolute atomic E-state index is 10.0. The molecule has 2 heteroatoms. The summed E-state index contributed by atoms with van der Waals surface area (Å²) in [6.07, 6.45) is 0.833. The van der Waals surface area contributed by atoms with Crippen LogP contribution in [0.2, 0.25) is 0 Å². The van der Waals surface area contributed by atoms with E-state index in [1.165, 1.54) is 0 Å². The Balaban J connectivity index is 0.000000640. The molecule has 9 heavy (non-hydrogen) atoms. The highest BCUT2D eigenvalue weighted by Gasteiger charge is 1.79. The van der Waals surface area contributed by atoms with Gasteiger partial charge in [-0.1, -0.05) is 30.3 Å². The summed E-state index contributed by atoms with van der Waals surface area (Å²) in [6, 6.07) is 9.10. The first-order valence-electron chi connectivity index (χ1n) is 2.44. The zero-order valence-electron chi connectivity index (χ0n) is 4.78. The van der Waals surface area contributed by atoms with Crippen molar-refractivity contribution in [3.63, 3.8) is 0 Å². The smallest absolute Gasteiger partial charge is 0.150 e.